The number of hydrogen-bond donors (Lipinski definition) is 1. The number of benzene rings is 3. The summed E-state index contributed by atoms with van der Waals surface area (Å²) in [5.41, 5.74) is 1.05. The van der Waals surface area contributed by atoms with Gasteiger partial charge in [0.15, 0.2) is 0 Å². The summed E-state index contributed by atoms with van der Waals surface area (Å²) in [5, 5.41) is 6.11. The quantitative estimate of drug-likeness (QED) is 0.409. The number of carbonyl (C=O) groups excluding carboxylic acids is 1. The third kappa shape index (κ3) is 4.92. The van der Waals surface area contributed by atoms with Gasteiger partial charge in [-0.25, -0.2) is 4.79 Å². The standard InChI is InChI=1S/C22H22ClNO3/c1-26-22(25)19-9-6-10-20(23)21(19)24-13-4-5-14-27-18-12-11-16-7-2-3-8-17(16)15-18/h2-3,6-12,15,24H,4-5,13-14H2,1H3. The van der Waals surface area contributed by atoms with Gasteiger partial charge in [0.05, 0.1) is 30.0 Å². The van der Waals surface area contributed by atoms with Crippen LogP contribution in [0.25, 0.3) is 10.8 Å². The molecule has 1 N–H and O–H groups in total. The van der Waals surface area contributed by atoms with E-state index in [0.29, 0.717) is 29.4 Å². The Hall–Kier alpha value is -2.72. The van der Waals surface area contributed by atoms with E-state index in [0.717, 1.165) is 18.6 Å². The van der Waals surface area contributed by atoms with E-state index in [1.807, 2.05) is 18.2 Å². The Kier molecular flexibility index (Phi) is 6.55. The van der Waals surface area contributed by atoms with Crippen LogP contribution in [0.15, 0.2) is 60.7 Å². The molecule has 0 fully saturated rings. The van der Waals surface area contributed by atoms with Crippen LogP contribution in [0.3, 0.4) is 0 Å². The van der Waals surface area contributed by atoms with Gasteiger partial charge in [-0.1, -0.05) is 48.0 Å². The minimum absolute atomic E-state index is 0.403. The Morgan fingerprint density at radius 3 is 2.63 bits per heavy atom. The van der Waals surface area contributed by atoms with Crippen LogP contribution in [-0.4, -0.2) is 26.2 Å². The zero-order valence-corrected chi connectivity index (χ0v) is 16.0. The summed E-state index contributed by atoms with van der Waals surface area (Å²) in [7, 11) is 1.36. The van der Waals surface area contributed by atoms with Crippen molar-refractivity contribution in [2.24, 2.45) is 0 Å². The Morgan fingerprint density at radius 2 is 1.81 bits per heavy atom. The molecule has 0 saturated carbocycles. The zero-order valence-electron chi connectivity index (χ0n) is 15.2. The molecule has 4 nitrogen and oxygen atoms in total. The minimum atomic E-state index is -0.403. The molecule has 0 radical (unpaired) electrons. The Labute approximate surface area is 164 Å². The molecule has 0 bridgehead atoms. The average molecular weight is 384 g/mol. The normalized spacial score (nSPS) is 10.6. The summed E-state index contributed by atoms with van der Waals surface area (Å²) in [4.78, 5) is 11.8. The molecule has 0 atom stereocenters. The highest BCUT2D eigenvalue weighted by atomic mass is 35.5. The van der Waals surface area contributed by atoms with Gasteiger partial charge < -0.3 is 14.8 Å². The van der Waals surface area contributed by atoms with Crippen molar-refractivity contribution in [3.05, 3.63) is 71.2 Å². The van der Waals surface area contributed by atoms with Crippen LogP contribution in [0.4, 0.5) is 5.69 Å². The van der Waals surface area contributed by atoms with Crippen molar-refractivity contribution in [3.8, 4) is 5.75 Å². The smallest absolute Gasteiger partial charge is 0.340 e. The molecule has 0 amide bonds. The minimum Gasteiger partial charge on any atom is -0.494 e. The van der Waals surface area contributed by atoms with Crippen molar-refractivity contribution in [3.63, 3.8) is 0 Å². The SMILES string of the molecule is COC(=O)c1cccc(Cl)c1NCCCCOc1ccc2ccccc2c1. The molecule has 0 saturated heterocycles. The third-order valence-electron chi connectivity index (χ3n) is 4.28. The van der Waals surface area contributed by atoms with Gasteiger partial charge in [0.1, 0.15) is 5.75 Å². The number of carbonyl (C=O) groups is 1. The lowest BCUT2D eigenvalue weighted by Crippen LogP contribution is -2.10. The first-order valence-corrected chi connectivity index (χ1v) is 9.29. The highest BCUT2D eigenvalue weighted by Crippen LogP contribution is 2.26. The molecule has 0 aliphatic heterocycles. The van der Waals surface area contributed by atoms with Crippen LogP contribution in [0, 0.1) is 0 Å². The van der Waals surface area contributed by atoms with Gasteiger partial charge >= 0.3 is 5.97 Å². The van der Waals surface area contributed by atoms with E-state index >= 15 is 0 Å². The number of fused-ring (bicyclic) bond motifs is 1. The van der Waals surface area contributed by atoms with Gasteiger partial charge in [0.2, 0.25) is 0 Å². The fourth-order valence-corrected chi connectivity index (χ4v) is 3.11. The first-order valence-electron chi connectivity index (χ1n) is 8.91. The summed E-state index contributed by atoms with van der Waals surface area (Å²) >= 11 is 6.20. The first kappa shape index (κ1) is 19.1. The van der Waals surface area contributed by atoms with Gasteiger partial charge in [0, 0.05) is 6.54 Å². The molecular formula is C22H22ClNO3. The van der Waals surface area contributed by atoms with E-state index < -0.39 is 5.97 Å². The number of ether oxygens (including phenoxy) is 2. The van der Waals surface area contributed by atoms with Crippen LogP contribution in [-0.2, 0) is 4.74 Å². The average Bonchev–Trinajstić information content (AvgIpc) is 2.70. The molecule has 5 heteroatoms. The van der Waals surface area contributed by atoms with Crippen molar-refractivity contribution in [1.82, 2.24) is 0 Å². The molecular weight excluding hydrogens is 362 g/mol. The van der Waals surface area contributed by atoms with Gasteiger partial charge in [-0.05, 0) is 47.9 Å². The zero-order chi connectivity index (χ0) is 19.1. The maximum atomic E-state index is 11.8. The highest BCUT2D eigenvalue weighted by Gasteiger charge is 2.13. The summed E-state index contributed by atoms with van der Waals surface area (Å²) in [6.07, 6.45) is 1.78. The summed E-state index contributed by atoms with van der Waals surface area (Å²) < 4.78 is 10.6. The number of para-hydroxylation sites is 1. The number of anilines is 1. The van der Waals surface area contributed by atoms with Crippen LogP contribution in [0.2, 0.25) is 5.02 Å². The largest absolute Gasteiger partial charge is 0.494 e. The molecule has 27 heavy (non-hydrogen) atoms. The first-order chi connectivity index (χ1) is 13.2. The molecule has 3 aromatic rings. The molecule has 0 unspecified atom stereocenters. The second-order valence-electron chi connectivity index (χ2n) is 6.15. The monoisotopic (exact) mass is 383 g/mol. The van der Waals surface area contributed by atoms with Crippen LogP contribution in [0.5, 0.6) is 5.75 Å². The summed E-state index contributed by atoms with van der Waals surface area (Å²) in [6.45, 7) is 1.32. The number of halogens is 1. The molecule has 0 heterocycles. The number of hydrogen-bond acceptors (Lipinski definition) is 4. The molecule has 0 aromatic heterocycles. The lowest BCUT2D eigenvalue weighted by molar-refractivity contribution is 0.0602. The maximum Gasteiger partial charge on any atom is 0.340 e. The summed E-state index contributed by atoms with van der Waals surface area (Å²) in [5.74, 6) is 0.473. The van der Waals surface area contributed by atoms with E-state index in [2.05, 4.69) is 29.6 Å². The maximum absolute atomic E-state index is 11.8. The third-order valence-corrected chi connectivity index (χ3v) is 4.60. The predicted molar refractivity (Wildman–Crippen MR) is 110 cm³/mol. The molecule has 3 rings (SSSR count). The van der Waals surface area contributed by atoms with E-state index in [-0.39, 0.29) is 0 Å². The molecule has 0 spiro atoms. The number of methoxy groups -OCH3 is 1. The van der Waals surface area contributed by atoms with Crippen molar-refractivity contribution in [1.29, 1.82) is 0 Å². The number of rotatable bonds is 8. The molecule has 3 aromatic carbocycles. The lowest BCUT2D eigenvalue weighted by atomic mass is 10.1. The highest BCUT2D eigenvalue weighted by molar-refractivity contribution is 6.34. The van der Waals surface area contributed by atoms with Gasteiger partial charge in [-0.2, -0.15) is 0 Å². The van der Waals surface area contributed by atoms with E-state index in [1.165, 1.54) is 17.9 Å². The molecule has 0 aliphatic rings. The fourth-order valence-electron chi connectivity index (χ4n) is 2.87. The topological polar surface area (TPSA) is 47.6 Å². The second-order valence-corrected chi connectivity index (χ2v) is 6.55. The van der Waals surface area contributed by atoms with Crippen LogP contribution >= 0.6 is 11.6 Å². The molecule has 0 aliphatic carbocycles. The van der Waals surface area contributed by atoms with Gasteiger partial charge in [0.25, 0.3) is 0 Å². The Balaban J connectivity index is 1.46. The van der Waals surface area contributed by atoms with Crippen molar-refractivity contribution in [2.45, 2.75) is 12.8 Å². The van der Waals surface area contributed by atoms with Gasteiger partial charge in [-0.3, -0.25) is 0 Å². The van der Waals surface area contributed by atoms with E-state index in [9.17, 15) is 4.79 Å². The van der Waals surface area contributed by atoms with Crippen molar-refractivity contribution < 1.29 is 14.3 Å². The van der Waals surface area contributed by atoms with Crippen LogP contribution < -0.4 is 10.1 Å². The van der Waals surface area contributed by atoms with E-state index in [4.69, 9.17) is 21.1 Å². The summed E-state index contributed by atoms with van der Waals surface area (Å²) in [6, 6.07) is 19.5. The van der Waals surface area contributed by atoms with Crippen molar-refractivity contribution >= 4 is 34.0 Å². The second kappa shape index (κ2) is 9.28. The van der Waals surface area contributed by atoms with E-state index in [1.54, 1.807) is 18.2 Å². The predicted octanol–water partition coefficient (Wildman–Crippen LogP) is 5.55. The Bertz CT molecular complexity index is 926. The fraction of sp³-hybridized carbons (Fsp3) is 0.227. The number of unbranched alkanes of at least 4 members (excludes halogenated alkanes) is 1. The van der Waals surface area contributed by atoms with Crippen LogP contribution in [0.1, 0.15) is 23.2 Å². The van der Waals surface area contributed by atoms with Gasteiger partial charge in [-0.15, -0.1) is 0 Å². The molecule has 140 valence electrons. The lowest BCUT2D eigenvalue weighted by Gasteiger charge is -2.12. The van der Waals surface area contributed by atoms with Crippen molar-refractivity contribution in [2.75, 3.05) is 25.6 Å². The number of esters is 1. The number of nitrogens with one attached hydrogen (secondary N) is 1. The Morgan fingerprint density at radius 1 is 1.00 bits per heavy atom.